The van der Waals surface area contributed by atoms with Crippen molar-refractivity contribution in [1.29, 1.82) is 0 Å². The van der Waals surface area contributed by atoms with E-state index in [0.29, 0.717) is 18.1 Å². The van der Waals surface area contributed by atoms with E-state index in [-0.39, 0.29) is 0 Å². The lowest BCUT2D eigenvalue weighted by molar-refractivity contribution is 0.159. The Morgan fingerprint density at radius 3 is 2.82 bits per heavy atom. The number of hydrogen-bond donors (Lipinski definition) is 1. The third kappa shape index (κ3) is 2.22. The van der Waals surface area contributed by atoms with E-state index in [4.69, 9.17) is 4.52 Å². The maximum Gasteiger partial charge on any atom is 0.258 e. The summed E-state index contributed by atoms with van der Waals surface area (Å²) in [6, 6.07) is 5.94. The van der Waals surface area contributed by atoms with Crippen LogP contribution in [0.5, 0.6) is 0 Å². The smallest absolute Gasteiger partial charge is 0.258 e. The molecular formula is C13H16N2O2. The Morgan fingerprint density at radius 2 is 2.12 bits per heavy atom. The third-order valence-corrected chi connectivity index (χ3v) is 2.96. The first kappa shape index (κ1) is 11.8. The predicted octanol–water partition coefficient (Wildman–Crippen LogP) is 2.80. The Kier molecular flexibility index (Phi) is 3.24. The minimum atomic E-state index is -0.655. The van der Waals surface area contributed by atoms with Crippen LogP contribution in [0.1, 0.15) is 36.4 Å². The molecule has 0 saturated heterocycles. The van der Waals surface area contributed by atoms with Crippen molar-refractivity contribution in [2.24, 2.45) is 0 Å². The molecule has 1 atom stereocenters. The van der Waals surface area contributed by atoms with Crippen LogP contribution in [0.25, 0.3) is 11.5 Å². The second-order valence-corrected chi connectivity index (χ2v) is 4.13. The Balaban J connectivity index is 2.40. The first-order valence-corrected chi connectivity index (χ1v) is 5.71. The number of aliphatic hydroxyl groups excluding tert-OH is 1. The van der Waals surface area contributed by atoms with Crippen LogP contribution in [0.15, 0.2) is 22.7 Å². The molecule has 90 valence electrons. The number of nitrogens with zero attached hydrogens (tertiary/aromatic N) is 2. The highest BCUT2D eigenvalue weighted by Gasteiger charge is 2.16. The standard InChI is InChI=1S/C13H16N2O2/c1-4-11(16)12-14-13(17-15-12)10-7-5-6-8(2)9(10)3/h5-7,11,16H,4H2,1-3H3. The van der Waals surface area contributed by atoms with Crippen molar-refractivity contribution < 1.29 is 9.63 Å². The molecule has 1 unspecified atom stereocenters. The van der Waals surface area contributed by atoms with Gasteiger partial charge in [-0.3, -0.25) is 0 Å². The van der Waals surface area contributed by atoms with E-state index >= 15 is 0 Å². The Hall–Kier alpha value is -1.68. The number of aryl methyl sites for hydroxylation is 1. The second kappa shape index (κ2) is 4.67. The molecule has 1 aromatic heterocycles. The number of hydrogen-bond acceptors (Lipinski definition) is 4. The van der Waals surface area contributed by atoms with Crippen LogP contribution in [0.3, 0.4) is 0 Å². The molecule has 1 N–H and O–H groups in total. The van der Waals surface area contributed by atoms with Gasteiger partial charge < -0.3 is 9.63 Å². The summed E-state index contributed by atoms with van der Waals surface area (Å²) in [5.74, 6) is 0.817. The van der Waals surface area contributed by atoms with Crippen molar-refractivity contribution >= 4 is 0 Å². The van der Waals surface area contributed by atoms with E-state index < -0.39 is 6.10 Å². The minimum Gasteiger partial charge on any atom is -0.385 e. The molecule has 0 saturated carbocycles. The third-order valence-electron chi connectivity index (χ3n) is 2.96. The van der Waals surface area contributed by atoms with Crippen LogP contribution in [0.4, 0.5) is 0 Å². The van der Waals surface area contributed by atoms with E-state index in [1.165, 1.54) is 5.56 Å². The molecule has 1 heterocycles. The Labute approximate surface area is 100 Å². The summed E-state index contributed by atoms with van der Waals surface area (Å²) in [4.78, 5) is 4.23. The Bertz CT molecular complexity index is 520. The van der Waals surface area contributed by atoms with Crippen molar-refractivity contribution in [1.82, 2.24) is 10.1 Å². The topological polar surface area (TPSA) is 59.2 Å². The zero-order chi connectivity index (χ0) is 12.4. The zero-order valence-corrected chi connectivity index (χ0v) is 10.3. The molecule has 0 amide bonds. The Morgan fingerprint density at radius 1 is 1.35 bits per heavy atom. The van der Waals surface area contributed by atoms with Crippen molar-refractivity contribution in [3.63, 3.8) is 0 Å². The fourth-order valence-electron chi connectivity index (χ4n) is 1.64. The van der Waals surface area contributed by atoms with Gasteiger partial charge in [-0.15, -0.1) is 0 Å². The monoisotopic (exact) mass is 232 g/mol. The summed E-state index contributed by atoms with van der Waals surface area (Å²) in [5, 5.41) is 13.4. The number of aromatic nitrogens is 2. The molecule has 0 radical (unpaired) electrons. The van der Waals surface area contributed by atoms with Gasteiger partial charge in [-0.1, -0.05) is 24.2 Å². The van der Waals surface area contributed by atoms with Crippen LogP contribution in [0.2, 0.25) is 0 Å². The molecule has 1 aromatic carbocycles. The second-order valence-electron chi connectivity index (χ2n) is 4.13. The van der Waals surface area contributed by atoms with Gasteiger partial charge in [-0.2, -0.15) is 4.98 Å². The lowest BCUT2D eigenvalue weighted by atomic mass is 10.0. The average Bonchev–Trinajstić information content (AvgIpc) is 2.81. The summed E-state index contributed by atoms with van der Waals surface area (Å²) in [7, 11) is 0. The highest BCUT2D eigenvalue weighted by Crippen LogP contribution is 2.25. The number of aliphatic hydroxyl groups is 1. The first-order valence-electron chi connectivity index (χ1n) is 5.71. The molecule has 4 heteroatoms. The molecule has 0 fully saturated rings. The molecule has 0 bridgehead atoms. The molecule has 0 aliphatic carbocycles. The fourth-order valence-corrected chi connectivity index (χ4v) is 1.64. The van der Waals surface area contributed by atoms with Gasteiger partial charge in [0.05, 0.1) is 0 Å². The van der Waals surface area contributed by atoms with Crippen molar-refractivity contribution in [2.45, 2.75) is 33.3 Å². The molecule has 17 heavy (non-hydrogen) atoms. The normalized spacial score (nSPS) is 12.7. The van der Waals surface area contributed by atoms with Gasteiger partial charge in [0.15, 0.2) is 0 Å². The summed E-state index contributed by atoms with van der Waals surface area (Å²) in [6.07, 6.45) is -0.0798. The van der Waals surface area contributed by atoms with Crippen molar-refractivity contribution in [3.8, 4) is 11.5 Å². The van der Waals surface area contributed by atoms with Crippen LogP contribution < -0.4 is 0 Å². The minimum absolute atomic E-state index is 0.350. The zero-order valence-electron chi connectivity index (χ0n) is 10.3. The molecule has 0 aliphatic heterocycles. The fraction of sp³-hybridized carbons (Fsp3) is 0.385. The van der Waals surface area contributed by atoms with Gasteiger partial charge in [0, 0.05) is 5.56 Å². The van der Waals surface area contributed by atoms with E-state index in [0.717, 1.165) is 11.1 Å². The first-order chi connectivity index (χ1) is 8.13. The van der Waals surface area contributed by atoms with Crippen molar-refractivity contribution in [2.75, 3.05) is 0 Å². The molecule has 4 nitrogen and oxygen atoms in total. The SMILES string of the molecule is CCC(O)c1noc(-c2cccc(C)c2C)n1. The molecule has 2 aromatic rings. The van der Waals surface area contributed by atoms with Gasteiger partial charge in [0.1, 0.15) is 6.10 Å². The maximum absolute atomic E-state index is 9.63. The highest BCUT2D eigenvalue weighted by atomic mass is 16.5. The van der Waals surface area contributed by atoms with Gasteiger partial charge >= 0.3 is 0 Å². The lowest BCUT2D eigenvalue weighted by Crippen LogP contribution is -1.97. The van der Waals surface area contributed by atoms with Crippen molar-refractivity contribution in [3.05, 3.63) is 35.2 Å². The van der Waals surface area contributed by atoms with Crippen LogP contribution in [-0.4, -0.2) is 15.2 Å². The number of benzene rings is 1. The summed E-state index contributed by atoms with van der Waals surface area (Å²) in [5.41, 5.74) is 3.22. The van der Waals surface area contributed by atoms with E-state index in [1.807, 2.05) is 39.0 Å². The lowest BCUT2D eigenvalue weighted by Gasteiger charge is -2.03. The van der Waals surface area contributed by atoms with E-state index in [1.54, 1.807) is 0 Å². The van der Waals surface area contributed by atoms with Gasteiger partial charge in [0.2, 0.25) is 5.82 Å². The number of rotatable bonds is 3. The van der Waals surface area contributed by atoms with Gasteiger partial charge in [-0.25, -0.2) is 0 Å². The average molecular weight is 232 g/mol. The van der Waals surface area contributed by atoms with Crippen LogP contribution >= 0.6 is 0 Å². The molecular weight excluding hydrogens is 216 g/mol. The van der Waals surface area contributed by atoms with E-state index in [9.17, 15) is 5.11 Å². The quantitative estimate of drug-likeness (QED) is 0.884. The van der Waals surface area contributed by atoms with E-state index in [2.05, 4.69) is 10.1 Å². The van der Waals surface area contributed by atoms with Crippen LogP contribution in [0, 0.1) is 13.8 Å². The van der Waals surface area contributed by atoms with Crippen LogP contribution in [-0.2, 0) is 0 Å². The summed E-state index contributed by atoms with van der Waals surface area (Å²) >= 11 is 0. The highest BCUT2D eigenvalue weighted by molar-refractivity contribution is 5.60. The van der Waals surface area contributed by atoms with Gasteiger partial charge in [-0.05, 0) is 37.5 Å². The predicted molar refractivity (Wildman–Crippen MR) is 64.5 cm³/mol. The largest absolute Gasteiger partial charge is 0.385 e. The molecule has 2 rings (SSSR count). The maximum atomic E-state index is 9.63. The summed E-state index contributed by atoms with van der Waals surface area (Å²) in [6.45, 7) is 5.93. The van der Waals surface area contributed by atoms with Gasteiger partial charge in [0.25, 0.3) is 5.89 Å². The summed E-state index contributed by atoms with van der Waals surface area (Å²) < 4.78 is 5.19. The molecule has 0 spiro atoms. The molecule has 0 aliphatic rings.